The lowest BCUT2D eigenvalue weighted by Crippen LogP contribution is -2.52. The lowest BCUT2D eigenvalue weighted by molar-refractivity contribution is -0.148. The van der Waals surface area contributed by atoms with E-state index in [1.54, 1.807) is 6.21 Å². The molecule has 0 aromatic carbocycles. The van der Waals surface area contributed by atoms with Crippen LogP contribution < -0.4 is 0 Å². The van der Waals surface area contributed by atoms with Crippen LogP contribution in [0, 0.1) is 28.6 Å². The number of ether oxygens (including phenoxy) is 1. The van der Waals surface area contributed by atoms with Crippen LogP contribution in [-0.4, -0.2) is 29.3 Å². The highest BCUT2D eigenvalue weighted by Gasteiger charge is 2.59. The molecule has 0 amide bonds. The molecular formula is C21H29NO4. The molecule has 142 valence electrons. The van der Waals surface area contributed by atoms with Crippen molar-refractivity contribution in [2.75, 3.05) is 0 Å². The summed E-state index contributed by atoms with van der Waals surface area (Å²) in [7, 11) is 0. The second-order valence-electron chi connectivity index (χ2n) is 9.02. The zero-order valence-electron chi connectivity index (χ0n) is 15.7. The molecule has 0 bridgehead atoms. The number of allylic oxidation sites excluding steroid dienone is 1. The number of rotatable bonds is 2. The molecule has 0 spiro atoms. The Bertz CT molecular complexity index is 683. The molecule has 3 saturated carbocycles. The molecule has 4 aliphatic carbocycles. The van der Waals surface area contributed by atoms with Gasteiger partial charge >= 0.3 is 5.97 Å². The Morgan fingerprint density at radius 2 is 2.12 bits per heavy atom. The smallest absolute Gasteiger partial charge is 0.302 e. The van der Waals surface area contributed by atoms with Crippen LogP contribution in [0.3, 0.4) is 0 Å². The van der Waals surface area contributed by atoms with Gasteiger partial charge in [-0.1, -0.05) is 18.6 Å². The molecule has 4 rings (SSSR count). The van der Waals surface area contributed by atoms with Crippen LogP contribution in [0.1, 0.15) is 65.2 Å². The van der Waals surface area contributed by atoms with Gasteiger partial charge < -0.3 is 9.94 Å². The molecule has 0 saturated heterocycles. The van der Waals surface area contributed by atoms with Gasteiger partial charge in [0, 0.05) is 30.6 Å². The molecular weight excluding hydrogens is 330 g/mol. The predicted octanol–water partition coefficient (Wildman–Crippen LogP) is 3.89. The molecule has 0 aromatic rings. The van der Waals surface area contributed by atoms with Crippen LogP contribution in [0.5, 0.6) is 0 Å². The quantitative estimate of drug-likeness (QED) is 0.267. The van der Waals surface area contributed by atoms with Gasteiger partial charge in [0.2, 0.25) is 0 Å². The summed E-state index contributed by atoms with van der Waals surface area (Å²) in [6.45, 7) is 3.63. The summed E-state index contributed by atoms with van der Waals surface area (Å²) in [5.74, 6) is 1.55. The van der Waals surface area contributed by atoms with Crippen molar-refractivity contribution >= 4 is 18.0 Å². The van der Waals surface area contributed by atoms with Gasteiger partial charge in [0.1, 0.15) is 11.9 Å². The van der Waals surface area contributed by atoms with Gasteiger partial charge in [-0.3, -0.25) is 9.59 Å². The molecule has 6 atom stereocenters. The van der Waals surface area contributed by atoms with Crippen LogP contribution in [0.25, 0.3) is 0 Å². The van der Waals surface area contributed by atoms with Gasteiger partial charge in [-0.15, -0.1) is 5.16 Å². The number of oxime groups is 1. The van der Waals surface area contributed by atoms with Gasteiger partial charge in [0.05, 0.1) is 6.21 Å². The highest BCUT2D eigenvalue weighted by molar-refractivity contribution is 5.87. The third-order valence-electron chi connectivity index (χ3n) is 7.99. The maximum Gasteiger partial charge on any atom is 0.302 e. The molecule has 0 unspecified atom stereocenters. The minimum atomic E-state index is -0.235. The molecule has 0 heterocycles. The third kappa shape index (κ3) is 2.46. The van der Waals surface area contributed by atoms with E-state index in [0.29, 0.717) is 23.5 Å². The monoisotopic (exact) mass is 359 g/mol. The van der Waals surface area contributed by atoms with Gasteiger partial charge in [-0.2, -0.15) is 0 Å². The average molecular weight is 359 g/mol. The average Bonchev–Trinajstić information content (AvgIpc) is 2.90. The van der Waals surface area contributed by atoms with Crippen molar-refractivity contribution in [1.82, 2.24) is 0 Å². The van der Waals surface area contributed by atoms with Crippen LogP contribution in [0.4, 0.5) is 0 Å². The van der Waals surface area contributed by atoms with E-state index in [0.717, 1.165) is 51.4 Å². The van der Waals surface area contributed by atoms with Crippen LogP contribution in [0.15, 0.2) is 16.8 Å². The summed E-state index contributed by atoms with van der Waals surface area (Å²) in [4.78, 5) is 23.9. The molecule has 4 aliphatic rings. The number of nitrogens with zero attached hydrogens (tertiary/aromatic N) is 1. The Kier molecular flexibility index (Phi) is 4.24. The fourth-order valence-corrected chi connectivity index (χ4v) is 6.78. The molecule has 0 aliphatic heterocycles. The Morgan fingerprint density at radius 1 is 1.31 bits per heavy atom. The van der Waals surface area contributed by atoms with E-state index in [1.807, 2.05) is 0 Å². The SMILES string of the molecule is CC(=O)O[C@@H]1CC[C@@]2(/C=N\O)C(=CC[C@@H]3[C@@H]2CC[C@]2(C)C(=O)CC[C@@H]32)C1. The van der Waals surface area contributed by atoms with Crippen molar-refractivity contribution < 1.29 is 19.5 Å². The molecule has 5 heteroatoms. The number of ketones is 1. The summed E-state index contributed by atoms with van der Waals surface area (Å²) in [6.07, 6.45) is 11.0. The standard InChI is InChI=1S/C21H29NO4/c1-13(23)26-15-7-10-21(12-22-25)14(11-15)3-4-16-17-5-6-19(24)20(17,2)9-8-18(16)21/h3,12,15-18,25H,4-11H2,1-2H3/b22-12-/t15-,16+,17+,18+,20+,21-/m1/s1. The van der Waals surface area contributed by atoms with E-state index in [2.05, 4.69) is 18.2 Å². The summed E-state index contributed by atoms with van der Waals surface area (Å²) < 4.78 is 5.47. The number of carbonyl (C=O) groups excluding carboxylic acids is 2. The van der Waals surface area contributed by atoms with Crippen LogP contribution in [-0.2, 0) is 14.3 Å². The number of carbonyl (C=O) groups is 2. The van der Waals surface area contributed by atoms with Crippen LogP contribution in [0.2, 0.25) is 0 Å². The van der Waals surface area contributed by atoms with Crippen molar-refractivity contribution in [2.45, 2.75) is 71.3 Å². The first-order valence-electron chi connectivity index (χ1n) is 9.99. The zero-order valence-corrected chi connectivity index (χ0v) is 15.7. The third-order valence-corrected chi connectivity index (χ3v) is 7.99. The van der Waals surface area contributed by atoms with Crippen molar-refractivity contribution in [3.05, 3.63) is 11.6 Å². The van der Waals surface area contributed by atoms with Gasteiger partial charge in [0.15, 0.2) is 0 Å². The van der Waals surface area contributed by atoms with Gasteiger partial charge in [-0.05, 0) is 56.3 Å². The first kappa shape index (κ1) is 17.7. The fourth-order valence-electron chi connectivity index (χ4n) is 6.78. The summed E-state index contributed by atoms with van der Waals surface area (Å²) in [5, 5.41) is 12.9. The summed E-state index contributed by atoms with van der Waals surface area (Å²) >= 11 is 0. The maximum atomic E-state index is 12.5. The zero-order chi connectivity index (χ0) is 18.5. The Hall–Kier alpha value is -1.65. The van der Waals surface area contributed by atoms with Crippen molar-refractivity contribution in [3.8, 4) is 0 Å². The largest absolute Gasteiger partial charge is 0.462 e. The lowest BCUT2D eigenvalue weighted by Gasteiger charge is -2.56. The predicted molar refractivity (Wildman–Crippen MR) is 96.9 cm³/mol. The van der Waals surface area contributed by atoms with E-state index in [1.165, 1.54) is 12.5 Å². The number of fused-ring (bicyclic) bond motifs is 5. The first-order valence-corrected chi connectivity index (χ1v) is 9.99. The van der Waals surface area contributed by atoms with Crippen LogP contribution >= 0.6 is 0 Å². The van der Waals surface area contributed by atoms with Gasteiger partial charge in [-0.25, -0.2) is 0 Å². The topological polar surface area (TPSA) is 76.0 Å². The fraction of sp³-hybridized carbons (Fsp3) is 0.762. The lowest BCUT2D eigenvalue weighted by atomic mass is 9.48. The molecule has 0 radical (unpaired) electrons. The highest BCUT2D eigenvalue weighted by Crippen LogP contribution is 2.63. The molecule has 0 aromatic heterocycles. The number of Topliss-reactive ketones (excluding diaryl/α,β-unsaturated/α-hetero) is 1. The number of hydrogen-bond donors (Lipinski definition) is 1. The normalized spacial score (nSPS) is 44.8. The van der Waals surface area contributed by atoms with Crippen molar-refractivity contribution in [3.63, 3.8) is 0 Å². The van der Waals surface area contributed by atoms with E-state index in [9.17, 15) is 14.8 Å². The summed E-state index contributed by atoms with van der Waals surface area (Å²) in [5.41, 5.74) is 0.877. The molecule has 5 nitrogen and oxygen atoms in total. The summed E-state index contributed by atoms with van der Waals surface area (Å²) in [6, 6.07) is 0. The number of hydrogen-bond acceptors (Lipinski definition) is 5. The highest BCUT2D eigenvalue weighted by atomic mass is 16.5. The van der Waals surface area contributed by atoms with Crippen molar-refractivity contribution in [1.29, 1.82) is 0 Å². The minimum absolute atomic E-state index is 0.0718. The van der Waals surface area contributed by atoms with E-state index >= 15 is 0 Å². The molecule has 3 fully saturated rings. The maximum absolute atomic E-state index is 12.5. The Morgan fingerprint density at radius 3 is 2.85 bits per heavy atom. The first-order chi connectivity index (χ1) is 12.4. The molecule has 1 N–H and O–H groups in total. The second kappa shape index (κ2) is 6.21. The molecule has 26 heavy (non-hydrogen) atoms. The minimum Gasteiger partial charge on any atom is -0.462 e. The van der Waals surface area contributed by atoms with Crippen molar-refractivity contribution in [2.24, 2.45) is 33.7 Å². The van der Waals surface area contributed by atoms with E-state index in [-0.39, 0.29) is 22.9 Å². The van der Waals surface area contributed by atoms with E-state index < -0.39 is 0 Å². The van der Waals surface area contributed by atoms with E-state index in [4.69, 9.17) is 4.74 Å². The van der Waals surface area contributed by atoms with Gasteiger partial charge in [0.25, 0.3) is 0 Å². The Balaban J connectivity index is 1.67. The number of esters is 1. The Labute approximate surface area is 154 Å². The second-order valence-corrected chi connectivity index (χ2v) is 9.02.